The van der Waals surface area contributed by atoms with Gasteiger partial charge < -0.3 is 10.1 Å². The fraction of sp³-hybridized carbons (Fsp3) is 0.692. The Hall–Kier alpha value is -1.32. The fourth-order valence-corrected chi connectivity index (χ4v) is 2.57. The van der Waals surface area contributed by atoms with E-state index in [1.165, 1.54) is 19.3 Å². The van der Waals surface area contributed by atoms with Crippen LogP contribution in [-0.4, -0.2) is 15.1 Å². The third kappa shape index (κ3) is 2.51. The first-order valence-electron chi connectivity index (χ1n) is 6.41. The third-order valence-corrected chi connectivity index (χ3v) is 3.95. The van der Waals surface area contributed by atoms with Crippen LogP contribution in [0.2, 0.25) is 0 Å². The number of H-pyrrole nitrogens is 1. The van der Waals surface area contributed by atoms with Gasteiger partial charge in [-0.3, -0.25) is 4.79 Å². The topological polar surface area (TPSA) is 66.0 Å². The maximum Gasteiger partial charge on any atom is 0.257 e. The van der Waals surface area contributed by atoms with Crippen LogP contribution in [0.1, 0.15) is 56.3 Å². The number of hydrogen-bond donors (Lipinski definition) is 2. The Labute approximate surface area is 101 Å². The molecule has 1 fully saturated rings. The van der Waals surface area contributed by atoms with Crippen molar-refractivity contribution >= 4 is 0 Å². The number of aromatic nitrogens is 2. The van der Waals surface area contributed by atoms with E-state index in [0.717, 1.165) is 18.8 Å². The zero-order valence-corrected chi connectivity index (χ0v) is 10.5. The van der Waals surface area contributed by atoms with E-state index in [2.05, 4.69) is 16.9 Å². The quantitative estimate of drug-likeness (QED) is 0.829. The average molecular weight is 236 g/mol. The van der Waals surface area contributed by atoms with Crippen molar-refractivity contribution in [3.63, 3.8) is 0 Å². The summed E-state index contributed by atoms with van der Waals surface area (Å²) in [5.41, 5.74) is 0.0844. The molecule has 1 saturated carbocycles. The zero-order valence-electron chi connectivity index (χ0n) is 10.5. The molecule has 2 rings (SSSR count). The first-order chi connectivity index (χ1) is 8.11. The van der Waals surface area contributed by atoms with Crippen LogP contribution in [0.3, 0.4) is 0 Å². The predicted molar refractivity (Wildman–Crippen MR) is 66.2 cm³/mol. The predicted octanol–water partition coefficient (Wildman–Crippen LogP) is 2.47. The lowest BCUT2D eigenvalue weighted by Gasteiger charge is -2.27. The largest absolute Gasteiger partial charge is 0.493 e. The van der Waals surface area contributed by atoms with E-state index in [9.17, 15) is 9.90 Å². The lowest BCUT2D eigenvalue weighted by atomic mass is 9.80. The summed E-state index contributed by atoms with van der Waals surface area (Å²) in [5, 5.41) is 9.58. The molecule has 1 aliphatic carbocycles. The summed E-state index contributed by atoms with van der Waals surface area (Å²) in [6.07, 6.45) is 5.74. The molecule has 0 aromatic carbocycles. The van der Waals surface area contributed by atoms with Crippen LogP contribution in [0.25, 0.3) is 0 Å². The zero-order chi connectivity index (χ0) is 12.4. The maximum absolute atomic E-state index is 11.6. The summed E-state index contributed by atoms with van der Waals surface area (Å²) >= 11 is 0. The number of hydrogen-bond acceptors (Lipinski definition) is 3. The van der Waals surface area contributed by atoms with E-state index < -0.39 is 0 Å². The number of rotatable bonds is 2. The molecule has 2 N–H and O–H groups in total. The molecule has 0 amide bonds. The standard InChI is InChI=1S/C13H20N2O2/c1-3-9-4-6-10(7-5-9)11-14-12(16)8(2)13(17)15-11/h9-10H,3-7H2,1-2H3,(H2,14,15,16,17). The normalized spacial score (nSPS) is 24.8. The summed E-state index contributed by atoms with van der Waals surface area (Å²) < 4.78 is 0. The summed E-state index contributed by atoms with van der Waals surface area (Å²) in [4.78, 5) is 18.5. The summed E-state index contributed by atoms with van der Waals surface area (Å²) in [6.45, 7) is 3.81. The monoisotopic (exact) mass is 236 g/mol. The fourth-order valence-electron chi connectivity index (χ4n) is 2.57. The molecule has 1 aromatic rings. The van der Waals surface area contributed by atoms with Gasteiger partial charge in [0.1, 0.15) is 5.82 Å². The molecular formula is C13H20N2O2. The van der Waals surface area contributed by atoms with Crippen LogP contribution in [0.4, 0.5) is 0 Å². The van der Waals surface area contributed by atoms with Crippen molar-refractivity contribution in [1.82, 2.24) is 9.97 Å². The van der Waals surface area contributed by atoms with Crippen molar-refractivity contribution in [1.29, 1.82) is 0 Å². The van der Waals surface area contributed by atoms with Gasteiger partial charge in [-0.1, -0.05) is 13.3 Å². The van der Waals surface area contributed by atoms with Crippen LogP contribution in [0, 0.1) is 12.8 Å². The van der Waals surface area contributed by atoms with Crippen LogP contribution >= 0.6 is 0 Å². The number of aromatic amines is 1. The molecule has 4 nitrogen and oxygen atoms in total. The molecule has 1 heterocycles. The van der Waals surface area contributed by atoms with Crippen LogP contribution in [0.5, 0.6) is 5.88 Å². The Morgan fingerprint density at radius 2 is 2.00 bits per heavy atom. The van der Waals surface area contributed by atoms with Gasteiger partial charge in [-0.15, -0.1) is 0 Å². The van der Waals surface area contributed by atoms with Crippen LogP contribution in [0.15, 0.2) is 4.79 Å². The van der Waals surface area contributed by atoms with Gasteiger partial charge in [0.15, 0.2) is 0 Å². The molecule has 0 atom stereocenters. The van der Waals surface area contributed by atoms with Gasteiger partial charge in [-0.2, -0.15) is 4.98 Å². The third-order valence-electron chi connectivity index (χ3n) is 3.95. The van der Waals surface area contributed by atoms with E-state index in [1.807, 2.05) is 0 Å². The van der Waals surface area contributed by atoms with Crippen molar-refractivity contribution in [2.75, 3.05) is 0 Å². The number of nitrogens with one attached hydrogen (secondary N) is 1. The molecule has 94 valence electrons. The molecule has 17 heavy (non-hydrogen) atoms. The summed E-state index contributed by atoms with van der Waals surface area (Å²) in [6, 6.07) is 0. The van der Waals surface area contributed by atoms with Crippen LogP contribution < -0.4 is 5.56 Å². The molecule has 1 aromatic heterocycles. The summed E-state index contributed by atoms with van der Waals surface area (Å²) in [7, 11) is 0. The van der Waals surface area contributed by atoms with Crippen molar-refractivity contribution < 1.29 is 5.11 Å². The first kappa shape index (κ1) is 12.1. The van der Waals surface area contributed by atoms with Crippen molar-refractivity contribution in [3.05, 3.63) is 21.7 Å². The van der Waals surface area contributed by atoms with Gasteiger partial charge in [0.25, 0.3) is 5.56 Å². The highest BCUT2D eigenvalue weighted by atomic mass is 16.3. The maximum atomic E-state index is 11.6. The van der Waals surface area contributed by atoms with E-state index in [-0.39, 0.29) is 11.4 Å². The molecule has 1 aliphatic rings. The first-order valence-corrected chi connectivity index (χ1v) is 6.41. The van der Waals surface area contributed by atoms with Crippen molar-refractivity contribution in [2.45, 2.75) is 51.9 Å². The molecule has 0 bridgehead atoms. The minimum absolute atomic E-state index is 0.124. The van der Waals surface area contributed by atoms with Crippen LogP contribution in [-0.2, 0) is 0 Å². The average Bonchev–Trinajstić information content (AvgIpc) is 2.35. The minimum atomic E-state index is -0.217. The van der Waals surface area contributed by atoms with Gasteiger partial charge in [0.2, 0.25) is 5.88 Å². The second-order valence-corrected chi connectivity index (χ2v) is 5.03. The molecule has 0 radical (unpaired) electrons. The lowest BCUT2D eigenvalue weighted by Crippen LogP contribution is -2.20. The van der Waals surface area contributed by atoms with Crippen molar-refractivity contribution in [2.24, 2.45) is 5.92 Å². The highest BCUT2D eigenvalue weighted by molar-refractivity contribution is 5.21. The minimum Gasteiger partial charge on any atom is -0.493 e. The Morgan fingerprint density at radius 3 is 2.53 bits per heavy atom. The smallest absolute Gasteiger partial charge is 0.257 e. The van der Waals surface area contributed by atoms with Gasteiger partial charge in [-0.25, -0.2) is 0 Å². The molecular weight excluding hydrogens is 216 g/mol. The SMILES string of the molecule is CCC1CCC(c2nc(O)c(C)c(=O)[nH]2)CC1. The Kier molecular flexibility index (Phi) is 3.50. The highest BCUT2D eigenvalue weighted by Crippen LogP contribution is 2.35. The molecule has 0 saturated heterocycles. The van der Waals surface area contributed by atoms with E-state index in [4.69, 9.17) is 0 Å². The Bertz CT molecular complexity index is 445. The Morgan fingerprint density at radius 1 is 1.35 bits per heavy atom. The molecule has 0 aliphatic heterocycles. The highest BCUT2D eigenvalue weighted by Gasteiger charge is 2.23. The van der Waals surface area contributed by atoms with Gasteiger partial charge in [0, 0.05) is 5.92 Å². The molecule has 0 spiro atoms. The van der Waals surface area contributed by atoms with E-state index in [1.54, 1.807) is 6.92 Å². The second-order valence-electron chi connectivity index (χ2n) is 5.03. The lowest BCUT2D eigenvalue weighted by molar-refractivity contribution is 0.309. The van der Waals surface area contributed by atoms with Gasteiger partial charge in [0.05, 0.1) is 5.56 Å². The van der Waals surface area contributed by atoms with E-state index in [0.29, 0.717) is 17.3 Å². The molecule has 4 heteroatoms. The van der Waals surface area contributed by atoms with Gasteiger partial charge >= 0.3 is 0 Å². The molecule has 0 unspecified atom stereocenters. The second kappa shape index (κ2) is 4.90. The van der Waals surface area contributed by atoms with E-state index >= 15 is 0 Å². The summed E-state index contributed by atoms with van der Waals surface area (Å²) in [5.74, 6) is 1.66. The number of nitrogens with zero attached hydrogens (tertiary/aromatic N) is 1. The number of aromatic hydroxyl groups is 1. The van der Waals surface area contributed by atoms with Crippen molar-refractivity contribution in [3.8, 4) is 5.88 Å². The Balaban J connectivity index is 2.16. The van der Waals surface area contributed by atoms with Gasteiger partial charge in [-0.05, 0) is 38.5 Å².